The predicted molar refractivity (Wildman–Crippen MR) is 89.0 cm³/mol. The van der Waals surface area contributed by atoms with Crippen LogP contribution in [-0.4, -0.2) is 33.2 Å². The number of hydrogen-bond acceptors (Lipinski definition) is 3. The molecule has 1 saturated heterocycles. The molecular formula is C18H15F2NO3S. The Morgan fingerprint density at radius 3 is 1.76 bits per heavy atom. The molecule has 4 nitrogen and oxygen atoms in total. The number of nitrogens with zero attached hydrogens (tertiary/aromatic N) is 1. The van der Waals surface area contributed by atoms with Crippen LogP contribution < -0.4 is 0 Å². The predicted octanol–water partition coefficient (Wildman–Crippen LogP) is 2.56. The molecule has 1 aliphatic heterocycles. The summed E-state index contributed by atoms with van der Waals surface area (Å²) in [5, 5.41) is -1.74. The van der Waals surface area contributed by atoms with Crippen LogP contribution in [0.4, 0.5) is 8.78 Å². The van der Waals surface area contributed by atoms with Crippen LogP contribution in [0.5, 0.6) is 0 Å². The van der Waals surface area contributed by atoms with Gasteiger partial charge >= 0.3 is 0 Å². The monoisotopic (exact) mass is 363 g/mol. The molecule has 2 amide bonds. The Morgan fingerprint density at radius 1 is 0.960 bits per heavy atom. The summed E-state index contributed by atoms with van der Waals surface area (Å²) in [7, 11) is -0.423. The van der Waals surface area contributed by atoms with Crippen LogP contribution in [-0.2, 0) is 20.4 Å². The number of benzene rings is 2. The first-order valence-corrected chi connectivity index (χ1v) is 8.87. The highest BCUT2D eigenvalue weighted by Gasteiger charge is 2.43. The van der Waals surface area contributed by atoms with Crippen molar-refractivity contribution < 1.29 is 22.6 Å². The Balaban J connectivity index is 2.03. The van der Waals surface area contributed by atoms with Gasteiger partial charge in [0.2, 0.25) is 11.8 Å². The number of carbonyl (C=O) groups excluding carboxylic acids is 2. The second kappa shape index (κ2) is 6.84. The van der Waals surface area contributed by atoms with Crippen molar-refractivity contribution in [3.63, 3.8) is 0 Å². The van der Waals surface area contributed by atoms with Crippen molar-refractivity contribution in [2.24, 2.45) is 0 Å². The second-order valence-corrected chi connectivity index (χ2v) is 7.49. The van der Waals surface area contributed by atoms with Gasteiger partial charge in [-0.15, -0.1) is 0 Å². The van der Waals surface area contributed by atoms with Crippen LogP contribution in [0.1, 0.15) is 22.8 Å². The zero-order valence-electron chi connectivity index (χ0n) is 13.3. The number of likely N-dealkylation sites (tertiary alicyclic amines) is 1. The summed E-state index contributed by atoms with van der Waals surface area (Å²) in [4.78, 5) is 24.9. The van der Waals surface area contributed by atoms with Crippen molar-refractivity contribution >= 4 is 22.6 Å². The Morgan fingerprint density at radius 2 is 1.40 bits per heavy atom. The fraction of sp³-hybridized carbons (Fsp3) is 0.222. The maximum Gasteiger partial charge on any atom is 0.245 e. The van der Waals surface area contributed by atoms with Gasteiger partial charge in [-0.3, -0.25) is 18.7 Å². The van der Waals surface area contributed by atoms with Crippen LogP contribution in [0.2, 0.25) is 0 Å². The first-order chi connectivity index (χ1) is 11.9. The number of rotatable bonds is 4. The fourth-order valence-corrected chi connectivity index (χ4v) is 4.65. The van der Waals surface area contributed by atoms with Gasteiger partial charge < -0.3 is 0 Å². The van der Waals surface area contributed by atoms with Gasteiger partial charge in [0.25, 0.3) is 0 Å². The molecule has 1 fully saturated rings. The third-order valence-electron chi connectivity index (χ3n) is 4.20. The second-order valence-electron chi connectivity index (χ2n) is 5.80. The average molecular weight is 363 g/mol. The Bertz CT molecular complexity index is 791. The third-order valence-corrected chi connectivity index (χ3v) is 6.14. The molecule has 2 aromatic rings. The molecule has 0 aliphatic carbocycles. The molecule has 2 atom stereocenters. The summed E-state index contributed by atoms with van der Waals surface area (Å²) in [5.41, 5.74) is 1.06. The lowest BCUT2D eigenvalue weighted by atomic mass is 10.0. The van der Waals surface area contributed by atoms with E-state index >= 15 is 0 Å². The molecule has 0 radical (unpaired) electrons. The topological polar surface area (TPSA) is 54.5 Å². The Kier molecular flexibility index (Phi) is 4.76. The van der Waals surface area contributed by atoms with Gasteiger partial charge in [0, 0.05) is 17.8 Å². The van der Waals surface area contributed by atoms with Gasteiger partial charge in [-0.1, -0.05) is 24.3 Å². The molecular weight excluding hydrogens is 348 g/mol. The molecule has 25 heavy (non-hydrogen) atoms. The minimum atomic E-state index is -1.78. The minimum Gasteiger partial charge on any atom is -0.285 e. The van der Waals surface area contributed by atoms with E-state index in [4.69, 9.17) is 0 Å². The number of amides is 2. The average Bonchev–Trinajstić information content (AvgIpc) is 2.86. The summed E-state index contributed by atoms with van der Waals surface area (Å²) in [6.07, 6.45) is -0.138. The zero-order valence-corrected chi connectivity index (χ0v) is 14.1. The molecule has 0 aromatic heterocycles. The van der Waals surface area contributed by atoms with Crippen LogP contribution >= 0.6 is 0 Å². The first kappa shape index (κ1) is 17.4. The quantitative estimate of drug-likeness (QED) is 0.785. The Labute approximate surface area is 145 Å². The van der Waals surface area contributed by atoms with Gasteiger partial charge in [-0.25, -0.2) is 8.78 Å². The SMILES string of the molecule is CN1C(=O)CC(S(=O)C(c2ccc(F)cc2)c2ccc(F)cc2)C1=O. The van der Waals surface area contributed by atoms with E-state index in [1.807, 2.05) is 0 Å². The molecule has 2 unspecified atom stereocenters. The van der Waals surface area contributed by atoms with E-state index in [2.05, 4.69) is 0 Å². The van der Waals surface area contributed by atoms with E-state index < -0.39 is 38.8 Å². The summed E-state index contributed by atoms with van der Waals surface area (Å²) < 4.78 is 39.6. The van der Waals surface area contributed by atoms with Crippen molar-refractivity contribution in [2.45, 2.75) is 16.9 Å². The lowest BCUT2D eigenvalue weighted by molar-refractivity contribution is -0.136. The first-order valence-electron chi connectivity index (χ1n) is 7.59. The number of hydrogen-bond donors (Lipinski definition) is 0. The molecule has 130 valence electrons. The lowest BCUT2D eigenvalue weighted by Crippen LogP contribution is -2.31. The van der Waals surface area contributed by atoms with Gasteiger partial charge in [-0.05, 0) is 35.4 Å². The highest BCUT2D eigenvalue weighted by Crippen LogP contribution is 2.33. The number of imide groups is 1. The molecule has 7 heteroatoms. The van der Waals surface area contributed by atoms with Gasteiger partial charge in [0.1, 0.15) is 16.9 Å². The van der Waals surface area contributed by atoms with Crippen molar-refractivity contribution in [1.82, 2.24) is 4.90 Å². The van der Waals surface area contributed by atoms with Crippen LogP contribution in [0, 0.1) is 11.6 Å². The Hall–Kier alpha value is -2.41. The van der Waals surface area contributed by atoms with E-state index in [0.717, 1.165) is 4.90 Å². The molecule has 2 aromatic carbocycles. The molecule has 3 rings (SSSR count). The maximum atomic E-state index is 13.2. The summed E-state index contributed by atoms with van der Waals surface area (Å²) in [5.74, 6) is -1.78. The van der Waals surface area contributed by atoms with Crippen molar-refractivity contribution in [2.75, 3.05) is 7.05 Å². The maximum absolute atomic E-state index is 13.2. The summed E-state index contributed by atoms with van der Waals surface area (Å²) >= 11 is 0. The largest absolute Gasteiger partial charge is 0.285 e. The van der Waals surface area contributed by atoms with Crippen molar-refractivity contribution in [1.29, 1.82) is 0 Å². The van der Waals surface area contributed by atoms with Gasteiger partial charge in [0.15, 0.2) is 0 Å². The standard InChI is InChI=1S/C18H15F2NO3S/c1-21-16(22)10-15(18(21)23)25(24)17(11-2-6-13(19)7-3-11)12-4-8-14(20)9-5-12/h2-9,15,17H,10H2,1H3. The van der Waals surface area contributed by atoms with E-state index in [1.165, 1.54) is 55.6 Å². The molecule has 0 N–H and O–H groups in total. The van der Waals surface area contributed by atoms with Crippen LogP contribution in [0.3, 0.4) is 0 Å². The van der Waals surface area contributed by atoms with Crippen LogP contribution in [0.15, 0.2) is 48.5 Å². The fourth-order valence-electron chi connectivity index (χ4n) is 2.80. The third kappa shape index (κ3) is 3.37. The van der Waals surface area contributed by atoms with E-state index in [9.17, 15) is 22.6 Å². The summed E-state index contributed by atoms with van der Waals surface area (Å²) in [6, 6.07) is 10.8. The van der Waals surface area contributed by atoms with Gasteiger partial charge in [0.05, 0.1) is 11.7 Å². The van der Waals surface area contributed by atoms with E-state index in [1.54, 1.807) is 0 Å². The summed E-state index contributed by atoms with van der Waals surface area (Å²) in [6.45, 7) is 0. The smallest absolute Gasteiger partial charge is 0.245 e. The lowest BCUT2D eigenvalue weighted by Gasteiger charge is -2.20. The number of halogens is 2. The molecule has 0 spiro atoms. The molecule has 0 bridgehead atoms. The molecule has 1 aliphatic rings. The molecule has 0 saturated carbocycles. The number of carbonyl (C=O) groups is 2. The molecule has 1 heterocycles. The van der Waals surface area contributed by atoms with Crippen LogP contribution in [0.25, 0.3) is 0 Å². The van der Waals surface area contributed by atoms with Crippen molar-refractivity contribution in [3.8, 4) is 0 Å². The highest BCUT2D eigenvalue weighted by molar-refractivity contribution is 7.87. The minimum absolute atomic E-state index is 0.138. The van der Waals surface area contributed by atoms with E-state index in [-0.39, 0.29) is 12.3 Å². The van der Waals surface area contributed by atoms with Crippen molar-refractivity contribution in [3.05, 3.63) is 71.3 Å². The highest BCUT2D eigenvalue weighted by atomic mass is 32.2. The van der Waals surface area contributed by atoms with E-state index in [0.29, 0.717) is 11.1 Å². The van der Waals surface area contributed by atoms with Gasteiger partial charge in [-0.2, -0.15) is 0 Å². The normalized spacial score (nSPS) is 18.9. The zero-order chi connectivity index (χ0) is 18.1.